The van der Waals surface area contributed by atoms with Gasteiger partial charge in [-0.05, 0) is 23.8 Å². The number of carboxylic acids is 1. The lowest BCUT2D eigenvalue weighted by atomic mass is 10.0. The molecule has 3 aromatic rings. The molecule has 7 nitrogen and oxygen atoms in total. The Balaban J connectivity index is 1.82. The van der Waals surface area contributed by atoms with E-state index in [9.17, 15) is 14.4 Å². The zero-order valence-electron chi connectivity index (χ0n) is 12.5. The molecule has 0 unspecified atom stereocenters. The van der Waals surface area contributed by atoms with E-state index in [4.69, 9.17) is 5.11 Å². The van der Waals surface area contributed by atoms with Gasteiger partial charge in [-0.2, -0.15) is 0 Å². The highest BCUT2D eigenvalue weighted by Crippen LogP contribution is 2.14. The van der Waals surface area contributed by atoms with Crippen LogP contribution in [-0.2, 0) is 16.1 Å². The number of aromatic nitrogens is 3. The predicted octanol–water partition coefficient (Wildman–Crippen LogP) is 1.71. The molecule has 0 aliphatic heterocycles. The fraction of sp³-hybridized carbons (Fsp3) is 0.118. The first-order valence-corrected chi connectivity index (χ1v) is 7.21. The van der Waals surface area contributed by atoms with E-state index in [0.717, 1.165) is 16.6 Å². The Kier molecular flexibility index (Phi) is 4.15. The molecule has 0 aliphatic rings. The number of Topliss-reactive ketones (excluding diaryl/α,β-unsaturated/α-hetero) is 2. The lowest BCUT2D eigenvalue weighted by molar-refractivity contribution is -0.148. The van der Waals surface area contributed by atoms with Crippen molar-refractivity contribution < 1.29 is 19.5 Å². The smallest absolute Gasteiger partial charge is 0.372 e. The average molecular weight is 323 g/mol. The summed E-state index contributed by atoms with van der Waals surface area (Å²) in [6.07, 6.45) is -0.648. The summed E-state index contributed by atoms with van der Waals surface area (Å²) in [5, 5.41) is 16.7. The van der Waals surface area contributed by atoms with Crippen molar-refractivity contribution in [2.45, 2.75) is 13.0 Å². The molecule has 3 rings (SSSR count). The third kappa shape index (κ3) is 3.19. The van der Waals surface area contributed by atoms with Gasteiger partial charge in [-0.25, -0.2) is 9.48 Å². The minimum Gasteiger partial charge on any atom is -0.475 e. The number of carbonyl (C=O) groups is 3. The number of aliphatic carboxylic acids is 1. The predicted molar refractivity (Wildman–Crippen MR) is 84.7 cm³/mol. The third-order valence-corrected chi connectivity index (χ3v) is 3.56. The molecule has 24 heavy (non-hydrogen) atoms. The van der Waals surface area contributed by atoms with Crippen LogP contribution in [0.25, 0.3) is 11.0 Å². The second-order valence-corrected chi connectivity index (χ2v) is 5.26. The lowest BCUT2D eigenvalue weighted by Gasteiger charge is -2.05. The van der Waals surface area contributed by atoms with Crippen LogP contribution >= 0.6 is 0 Å². The highest BCUT2D eigenvalue weighted by molar-refractivity contribution is 6.37. The van der Waals surface area contributed by atoms with Crippen molar-refractivity contribution in [2.24, 2.45) is 0 Å². The first-order chi connectivity index (χ1) is 11.5. The van der Waals surface area contributed by atoms with Gasteiger partial charge in [-0.3, -0.25) is 9.59 Å². The van der Waals surface area contributed by atoms with Crippen LogP contribution in [0.4, 0.5) is 0 Å². The van der Waals surface area contributed by atoms with Crippen molar-refractivity contribution in [3.63, 3.8) is 0 Å². The average Bonchev–Trinajstić information content (AvgIpc) is 2.98. The molecule has 0 saturated carbocycles. The van der Waals surface area contributed by atoms with E-state index >= 15 is 0 Å². The molecule has 7 heteroatoms. The maximum absolute atomic E-state index is 12.0. The molecular formula is C17H13N3O4. The van der Waals surface area contributed by atoms with Gasteiger partial charge >= 0.3 is 5.97 Å². The van der Waals surface area contributed by atoms with E-state index in [1.165, 1.54) is 0 Å². The zero-order valence-corrected chi connectivity index (χ0v) is 12.5. The SMILES string of the molecule is O=C(O)C(=O)CC(=O)c1cccc(Cn2nnc3ccccc32)c1. The molecule has 0 spiro atoms. The van der Waals surface area contributed by atoms with Gasteiger partial charge in [-0.15, -0.1) is 5.10 Å². The summed E-state index contributed by atoms with van der Waals surface area (Å²) in [7, 11) is 0. The van der Waals surface area contributed by atoms with Gasteiger partial charge in [-0.1, -0.05) is 35.5 Å². The van der Waals surface area contributed by atoms with Crippen LogP contribution < -0.4 is 0 Å². The molecule has 0 saturated heterocycles. The summed E-state index contributed by atoms with van der Waals surface area (Å²) in [5.74, 6) is -3.24. The normalized spacial score (nSPS) is 10.7. The molecule has 0 radical (unpaired) electrons. The van der Waals surface area contributed by atoms with Crippen molar-refractivity contribution in [2.75, 3.05) is 0 Å². The number of rotatable bonds is 6. The summed E-state index contributed by atoms with van der Waals surface area (Å²) >= 11 is 0. The van der Waals surface area contributed by atoms with E-state index in [1.54, 1.807) is 22.9 Å². The van der Waals surface area contributed by atoms with Crippen LogP contribution in [0.2, 0.25) is 0 Å². The molecule has 1 heterocycles. The van der Waals surface area contributed by atoms with Crippen LogP contribution in [0.3, 0.4) is 0 Å². The van der Waals surface area contributed by atoms with Gasteiger partial charge in [0.1, 0.15) is 5.52 Å². The summed E-state index contributed by atoms with van der Waals surface area (Å²) < 4.78 is 1.71. The van der Waals surface area contributed by atoms with Crippen molar-refractivity contribution in [1.29, 1.82) is 0 Å². The Labute approximate surface area is 136 Å². The molecule has 0 aliphatic carbocycles. The maximum Gasteiger partial charge on any atom is 0.372 e. The van der Waals surface area contributed by atoms with Crippen LogP contribution in [0.15, 0.2) is 48.5 Å². The van der Waals surface area contributed by atoms with Crippen LogP contribution in [0, 0.1) is 0 Å². The van der Waals surface area contributed by atoms with E-state index in [0.29, 0.717) is 12.1 Å². The standard InChI is InChI=1S/C17H13N3O4/c21-15(9-16(22)17(23)24)12-5-3-4-11(8-12)10-20-14-7-2-1-6-13(14)18-19-20/h1-8H,9-10H2,(H,23,24). The molecule has 0 amide bonds. The maximum atomic E-state index is 12.0. The topological polar surface area (TPSA) is 102 Å². The van der Waals surface area contributed by atoms with Gasteiger partial charge < -0.3 is 5.11 Å². The van der Waals surface area contributed by atoms with Gasteiger partial charge in [0.15, 0.2) is 5.78 Å². The number of ketones is 2. The number of carboxylic acid groups (broad SMARTS) is 1. The van der Waals surface area contributed by atoms with Crippen LogP contribution in [-0.4, -0.2) is 37.6 Å². The Morgan fingerprint density at radius 3 is 2.62 bits per heavy atom. The Bertz CT molecular complexity index is 946. The fourth-order valence-corrected chi connectivity index (χ4v) is 2.37. The summed E-state index contributed by atoms with van der Waals surface area (Å²) in [6, 6.07) is 14.2. The number of hydrogen-bond donors (Lipinski definition) is 1. The number of fused-ring (bicyclic) bond motifs is 1. The highest BCUT2D eigenvalue weighted by Gasteiger charge is 2.18. The van der Waals surface area contributed by atoms with Crippen molar-refractivity contribution in [1.82, 2.24) is 15.0 Å². The Morgan fingerprint density at radius 1 is 1.04 bits per heavy atom. The molecule has 0 atom stereocenters. The summed E-state index contributed by atoms with van der Waals surface area (Å²) in [4.78, 5) is 33.7. The van der Waals surface area contributed by atoms with Crippen molar-refractivity contribution in [3.05, 3.63) is 59.7 Å². The molecule has 1 N–H and O–H groups in total. The fourth-order valence-electron chi connectivity index (χ4n) is 2.37. The molecular weight excluding hydrogens is 310 g/mol. The highest BCUT2D eigenvalue weighted by atomic mass is 16.4. The quantitative estimate of drug-likeness (QED) is 0.421. The number of benzene rings is 2. The van der Waals surface area contributed by atoms with Gasteiger partial charge in [0.05, 0.1) is 18.5 Å². The molecule has 1 aromatic heterocycles. The van der Waals surface area contributed by atoms with Gasteiger partial charge in [0, 0.05) is 5.56 Å². The minimum atomic E-state index is -1.60. The largest absolute Gasteiger partial charge is 0.475 e. The lowest BCUT2D eigenvalue weighted by Crippen LogP contribution is -2.17. The third-order valence-electron chi connectivity index (χ3n) is 3.56. The van der Waals surface area contributed by atoms with Crippen molar-refractivity contribution in [3.8, 4) is 0 Å². The van der Waals surface area contributed by atoms with Crippen LogP contribution in [0.1, 0.15) is 22.3 Å². The number of hydrogen-bond acceptors (Lipinski definition) is 5. The first kappa shape index (κ1) is 15.5. The van der Waals surface area contributed by atoms with E-state index < -0.39 is 24.0 Å². The number of nitrogens with zero attached hydrogens (tertiary/aromatic N) is 3. The minimum absolute atomic E-state index is 0.298. The van der Waals surface area contributed by atoms with E-state index in [2.05, 4.69) is 10.3 Å². The second kappa shape index (κ2) is 6.41. The first-order valence-electron chi connectivity index (χ1n) is 7.21. The molecule has 2 aromatic carbocycles. The van der Waals surface area contributed by atoms with E-state index in [-0.39, 0.29) is 0 Å². The summed E-state index contributed by atoms with van der Waals surface area (Å²) in [5.41, 5.74) is 2.75. The molecule has 120 valence electrons. The molecule has 0 fully saturated rings. The second-order valence-electron chi connectivity index (χ2n) is 5.26. The van der Waals surface area contributed by atoms with Crippen molar-refractivity contribution >= 4 is 28.6 Å². The number of para-hydroxylation sites is 1. The number of carbonyl (C=O) groups excluding carboxylic acids is 2. The zero-order chi connectivity index (χ0) is 17.1. The Morgan fingerprint density at radius 2 is 1.83 bits per heavy atom. The molecule has 0 bridgehead atoms. The summed E-state index contributed by atoms with van der Waals surface area (Å²) in [6.45, 7) is 0.411. The Hall–Kier alpha value is -3.35. The van der Waals surface area contributed by atoms with Gasteiger partial charge in [0.25, 0.3) is 0 Å². The van der Waals surface area contributed by atoms with Gasteiger partial charge in [0.2, 0.25) is 5.78 Å². The monoisotopic (exact) mass is 323 g/mol. The van der Waals surface area contributed by atoms with E-state index in [1.807, 2.05) is 30.3 Å². The van der Waals surface area contributed by atoms with Crippen LogP contribution in [0.5, 0.6) is 0 Å².